The molecule has 1 aromatic carbocycles. The summed E-state index contributed by atoms with van der Waals surface area (Å²) in [6.07, 6.45) is 0.997. The summed E-state index contributed by atoms with van der Waals surface area (Å²) in [5.41, 5.74) is 2.35. The molecule has 98 valence electrons. The zero-order valence-electron chi connectivity index (χ0n) is 11.1. The van der Waals surface area contributed by atoms with Gasteiger partial charge in [-0.2, -0.15) is 0 Å². The van der Waals surface area contributed by atoms with Gasteiger partial charge < -0.3 is 10.0 Å². The SMILES string of the molecule is C[C@@H]1CC(C)(C)N(C)c2cc(Cl)c(C(=O)O)cc21. The van der Waals surface area contributed by atoms with Gasteiger partial charge in [-0.05, 0) is 43.9 Å². The minimum atomic E-state index is -0.970. The van der Waals surface area contributed by atoms with Gasteiger partial charge in [0.05, 0.1) is 10.6 Å². The summed E-state index contributed by atoms with van der Waals surface area (Å²) < 4.78 is 0. The van der Waals surface area contributed by atoms with Gasteiger partial charge in [-0.1, -0.05) is 18.5 Å². The lowest BCUT2D eigenvalue weighted by molar-refractivity contribution is 0.0697. The van der Waals surface area contributed by atoms with Gasteiger partial charge in [-0.15, -0.1) is 0 Å². The molecule has 0 amide bonds. The zero-order valence-corrected chi connectivity index (χ0v) is 11.9. The van der Waals surface area contributed by atoms with Crippen LogP contribution in [-0.2, 0) is 0 Å². The Morgan fingerprint density at radius 1 is 1.50 bits per heavy atom. The Labute approximate surface area is 112 Å². The van der Waals surface area contributed by atoms with Gasteiger partial charge in [-0.25, -0.2) is 4.79 Å². The fraction of sp³-hybridized carbons (Fsp3) is 0.500. The monoisotopic (exact) mass is 267 g/mol. The van der Waals surface area contributed by atoms with Crippen LogP contribution in [0, 0.1) is 0 Å². The number of carboxylic acids is 1. The summed E-state index contributed by atoms with van der Waals surface area (Å²) in [6, 6.07) is 3.49. The first-order valence-corrected chi connectivity index (χ1v) is 6.42. The second-order valence-corrected chi connectivity index (χ2v) is 6.08. The predicted octanol–water partition coefficient (Wildman–Crippen LogP) is 3.76. The molecule has 0 spiro atoms. The summed E-state index contributed by atoms with van der Waals surface area (Å²) in [5.74, 6) is -0.635. The van der Waals surface area contributed by atoms with Crippen LogP contribution in [0.15, 0.2) is 12.1 Å². The topological polar surface area (TPSA) is 40.5 Å². The first-order chi connectivity index (χ1) is 8.24. The number of fused-ring (bicyclic) bond motifs is 1. The van der Waals surface area contributed by atoms with Crippen molar-refractivity contribution in [2.24, 2.45) is 0 Å². The molecule has 0 aromatic heterocycles. The smallest absolute Gasteiger partial charge is 0.337 e. The number of anilines is 1. The molecule has 1 aliphatic rings. The van der Waals surface area contributed by atoms with Gasteiger partial charge in [0.1, 0.15) is 0 Å². The van der Waals surface area contributed by atoms with Crippen molar-refractivity contribution in [1.29, 1.82) is 0 Å². The third-order valence-electron chi connectivity index (χ3n) is 3.95. The van der Waals surface area contributed by atoms with Crippen molar-refractivity contribution < 1.29 is 9.90 Å². The van der Waals surface area contributed by atoms with E-state index in [-0.39, 0.29) is 11.1 Å². The maximum atomic E-state index is 11.1. The zero-order chi connectivity index (χ0) is 13.7. The molecule has 0 saturated carbocycles. The highest BCUT2D eigenvalue weighted by molar-refractivity contribution is 6.33. The Kier molecular flexibility index (Phi) is 3.06. The molecule has 1 heterocycles. The molecule has 0 fully saturated rings. The van der Waals surface area contributed by atoms with E-state index in [0.717, 1.165) is 17.7 Å². The van der Waals surface area contributed by atoms with Gasteiger partial charge in [-0.3, -0.25) is 0 Å². The fourth-order valence-electron chi connectivity index (χ4n) is 2.75. The van der Waals surface area contributed by atoms with Crippen molar-refractivity contribution in [3.63, 3.8) is 0 Å². The van der Waals surface area contributed by atoms with Gasteiger partial charge in [0.2, 0.25) is 0 Å². The Morgan fingerprint density at radius 2 is 2.11 bits per heavy atom. The second kappa shape index (κ2) is 4.16. The Balaban J connectivity index is 2.62. The van der Waals surface area contributed by atoms with Gasteiger partial charge >= 0.3 is 5.97 Å². The largest absolute Gasteiger partial charge is 0.478 e. The number of nitrogens with zero attached hydrogens (tertiary/aromatic N) is 1. The van der Waals surface area contributed by atoms with Crippen molar-refractivity contribution in [1.82, 2.24) is 0 Å². The van der Waals surface area contributed by atoms with E-state index in [4.69, 9.17) is 16.7 Å². The molecular weight excluding hydrogens is 250 g/mol. The first-order valence-electron chi connectivity index (χ1n) is 6.04. The van der Waals surface area contributed by atoms with Crippen molar-refractivity contribution in [2.45, 2.75) is 38.6 Å². The van der Waals surface area contributed by atoms with Crippen LogP contribution in [0.1, 0.15) is 49.0 Å². The van der Waals surface area contributed by atoms with E-state index in [1.54, 1.807) is 12.1 Å². The second-order valence-electron chi connectivity index (χ2n) is 5.67. The highest BCUT2D eigenvalue weighted by Gasteiger charge is 2.35. The van der Waals surface area contributed by atoms with E-state index in [1.165, 1.54) is 0 Å². The lowest BCUT2D eigenvalue weighted by atomic mass is 9.80. The number of halogens is 1. The number of rotatable bonds is 1. The molecule has 2 rings (SSSR count). The van der Waals surface area contributed by atoms with E-state index >= 15 is 0 Å². The van der Waals surface area contributed by atoms with Crippen LogP contribution in [0.3, 0.4) is 0 Å². The molecule has 1 atom stereocenters. The lowest BCUT2D eigenvalue weighted by Crippen LogP contribution is -2.45. The molecule has 0 saturated heterocycles. The molecule has 1 N–H and O–H groups in total. The van der Waals surface area contributed by atoms with Gasteiger partial charge in [0, 0.05) is 18.3 Å². The molecule has 0 radical (unpaired) electrons. The molecule has 0 bridgehead atoms. The molecule has 0 unspecified atom stereocenters. The molecule has 1 aliphatic heterocycles. The van der Waals surface area contributed by atoms with Crippen LogP contribution < -0.4 is 4.90 Å². The number of hydrogen-bond donors (Lipinski definition) is 1. The molecule has 1 aromatic rings. The first kappa shape index (κ1) is 13.2. The molecule has 4 heteroatoms. The lowest BCUT2D eigenvalue weighted by Gasteiger charge is -2.45. The van der Waals surface area contributed by atoms with Gasteiger partial charge in [0.15, 0.2) is 0 Å². The average molecular weight is 268 g/mol. The Morgan fingerprint density at radius 3 is 2.67 bits per heavy atom. The van der Waals surface area contributed by atoms with Crippen LogP contribution in [-0.4, -0.2) is 23.7 Å². The van der Waals surface area contributed by atoms with Crippen molar-refractivity contribution in [2.75, 3.05) is 11.9 Å². The van der Waals surface area contributed by atoms with Crippen LogP contribution in [0.2, 0.25) is 5.02 Å². The van der Waals surface area contributed by atoms with E-state index in [2.05, 4.69) is 25.7 Å². The number of benzene rings is 1. The molecule has 0 aliphatic carbocycles. The quantitative estimate of drug-likeness (QED) is 0.842. The summed E-state index contributed by atoms with van der Waals surface area (Å²) in [7, 11) is 2.03. The van der Waals surface area contributed by atoms with Crippen LogP contribution in [0.5, 0.6) is 0 Å². The third kappa shape index (κ3) is 1.97. The predicted molar refractivity (Wildman–Crippen MR) is 73.9 cm³/mol. The van der Waals surface area contributed by atoms with E-state index in [9.17, 15) is 4.79 Å². The molecular formula is C14H18ClNO2. The van der Waals surface area contributed by atoms with Crippen LogP contribution >= 0.6 is 11.6 Å². The summed E-state index contributed by atoms with van der Waals surface area (Å²) in [5, 5.41) is 9.43. The average Bonchev–Trinajstić information content (AvgIpc) is 2.24. The number of aromatic carboxylic acids is 1. The van der Waals surface area contributed by atoms with Crippen molar-refractivity contribution in [3.05, 3.63) is 28.3 Å². The van der Waals surface area contributed by atoms with E-state index in [1.807, 2.05) is 7.05 Å². The normalized spacial score (nSPS) is 21.6. The van der Waals surface area contributed by atoms with Crippen molar-refractivity contribution >= 4 is 23.3 Å². The van der Waals surface area contributed by atoms with Gasteiger partial charge in [0.25, 0.3) is 0 Å². The maximum absolute atomic E-state index is 11.1. The van der Waals surface area contributed by atoms with Crippen LogP contribution in [0.4, 0.5) is 5.69 Å². The highest BCUT2D eigenvalue weighted by atomic mass is 35.5. The Bertz CT molecular complexity index is 511. The molecule has 18 heavy (non-hydrogen) atoms. The van der Waals surface area contributed by atoms with Crippen LogP contribution in [0.25, 0.3) is 0 Å². The fourth-order valence-corrected chi connectivity index (χ4v) is 2.99. The summed E-state index contributed by atoms with van der Waals surface area (Å²) >= 11 is 6.05. The highest BCUT2D eigenvalue weighted by Crippen LogP contribution is 2.44. The van der Waals surface area contributed by atoms with E-state index < -0.39 is 5.97 Å². The minimum Gasteiger partial charge on any atom is -0.478 e. The molecule has 3 nitrogen and oxygen atoms in total. The minimum absolute atomic E-state index is 0.0560. The maximum Gasteiger partial charge on any atom is 0.337 e. The van der Waals surface area contributed by atoms with E-state index in [0.29, 0.717) is 10.9 Å². The summed E-state index contributed by atoms with van der Waals surface area (Å²) in [4.78, 5) is 13.3. The standard InChI is InChI=1S/C14H18ClNO2/c1-8-7-14(2,3)16(4)12-6-11(15)10(13(17)18)5-9(8)12/h5-6,8H,7H2,1-4H3,(H,17,18)/t8-/m1/s1. The number of carboxylic acid groups (broad SMARTS) is 1. The Hall–Kier alpha value is -1.22. The number of hydrogen-bond acceptors (Lipinski definition) is 2. The third-order valence-corrected chi connectivity index (χ3v) is 4.27. The number of carbonyl (C=O) groups is 1. The van der Waals surface area contributed by atoms with Crippen molar-refractivity contribution in [3.8, 4) is 0 Å². The summed E-state index contributed by atoms with van der Waals surface area (Å²) in [6.45, 7) is 6.50.